The molecule has 0 aliphatic heterocycles. The Morgan fingerprint density at radius 3 is 2.15 bits per heavy atom. The molecule has 0 radical (unpaired) electrons. The van der Waals surface area contributed by atoms with Crippen molar-refractivity contribution in [3.05, 3.63) is 77.9 Å². The van der Waals surface area contributed by atoms with Gasteiger partial charge in [-0.05, 0) is 67.8 Å². The van der Waals surface area contributed by atoms with Crippen LogP contribution in [-0.4, -0.2) is 27.5 Å². The molecule has 0 bridgehead atoms. The number of rotatable bonds is 9. The summed E-state index contributed by atoms with van der Waals surface area (Å²) >= 11 is 0. The molecule has 7 nitrogen and oxygen atoms in total. The molecule has 1 amide bonds. The summed E-state index contributed by atoms with van der Waals surface area (Å²) in [4.78, 5) is 12.8. The Kier molecular flexibility index (Phi) is 7.60. The van der Waals surface area contributed by atoms with E-state index in [1.54, 1.807) is 43.5 Å². The van der Waals surface area contributed by atoms with E-state index in [1.165, 1.54) is 12.1 Å². The second-order valence-corrected chi connectivity index (χ2v) is 9.26. The van der Waals surface area contributed by atoms with Crippen molar-refractivity contribution in [2.75, 3.05) is 17.1 Å². The lowest BCUT2D eigenvalue weighted by Crippen LogP contribution is -2.32. The van der Waals surface area contributed by atoms with E-state index < -0.39 is 16.1 Å². The number of sulfonamides is 1. The molecule has 0 spiro atoms. The van der Waals surface area contributed by atoms with Crippen LogP contribution in [0.4, 0.5) is 11.4 Å². The molecule has 0 aliphatic rings. The Hall–Kier alpha value is -3.52. The molecule has 0 aromatic heterocycles. The molecule has 3 aromatic carbocycles. The van der Waals surface area contributed by atoms with Crippen molar-refractivity contribution in [2.45, 2.75) is 38.2 Å². The van der Waals surface area contributed by atoms with E-state index >= 15 is 0 Å². The highest BCUT2D eigenvalue weighted by Gasteiger charge is 2.20. The molecule has 0 aliphatic carbocycles. The number of carbonyl (C=O) groups is 1. The van der Waals surface area contributed by atoms with Gasteiger partial charge in [-0.25, -0.2) is 8.42 Å². The molecule has 3 rings (SSSR count). The summed E-state index contributed by atoms with van der Waals surface area (Å²) in [5.74, 6) is 0.828. The Bertz CT molecular complexity index is 1200. The fraction of sp³-hybridized carbons (Fsp3) is 0.240. The number of carbonyl (C=O) groups excluding carboxylic acids is 1. The lowest BCUT2D eigenvalue weighted by Gasteiger charge is -2.18. The summed E-state index contributed by atoms with van der Waals surface area (Å²) < 4.78 is 39.3. The topological polar surface area (TPSA) is 93.7 Å². The standard InChI is InChI=1S/C25H28N2O5S/c1-5-23(32-21-11-7-10-20(16-21)31-4)25(28)26-19-12-14-22(15-13-19)33(29,30)27-24-17(2)8-6-9-18(24)3/h6-16,23,27H,5H2,1-4H3,(H,26,28)/t23-/m1/s1. The van der Waals surface area contributed by atoms with Gasteiger partial charge < -0.3 is 14.8 Å². The number of hydrogen-bond donors (Lipinski definition) is 2. The molecule has 174 valence electrons. The average Bonchev–Trinajstić information content (AvgIpc) is 2.80. The Labute approximate surface area is 194 Å². The number of benzene rings is 3. The monoisotopic (exact) mass is 468 g/mol. The number of anilines is 2. The van der Waals surface area contributed by atoms with Gasteiger partial charge >= 0.3 is 0 Å². The molecule has 2 N–H and O–H groups in total. The predicted octanol–water partition coefficient (Wildman–Crippen LogP) is 4.91. The van der Waals surface area contributed by atoms with Gasteiger partial charge in [-0.1, -0.05) is 31.2 Å². The van der Waals surface area contributed by atoms with E-state index in [2.05, 4.69) is 10.0 Å². The van der Waals surface area contributed by atoms with E-state index in [-0.39, 0.29) is 10.8 Å². The molecule has 8 heteroatoms. The lowest BCUT2D eigenvalue weighted by atomic mass is 10.1. The van der Waals surface area contributed by atoms with Crippen molar-refractivity contribution in [3.8, 4) is 11.5 Å². The van der Waals surface area contributed by atoms with Crippen molar-refractivity contribution in [1.29, 1.82) is 0 Å². The number of para-hydroxylation sites is 1. The minimum absolute atomic E-state index is 0.0998. The number of ether oxygens (including phenoxy) is 2. The van der Waals surface area contributed by atoms with Crippen molar-refractivity contribution in [3.63, 3.8) is 0 Å². The predicted molar refractivity (Wildman–Crippen MR) is 129 cm³/mol. The fourth-order valence-corrected chi connectivity index (χ4v) is 4.47. The van der Waals surface area contributed by atoms with Crippen molar-refractivity contribution < 1.29 is 22.7 Å². The molecular formula is C25H28N2O5S. The molecule has 0 unspecified atom stereocenters. The van der Waals surface area contributed by atoms with Gasteiger partial charge in [-0.15, -0.1) is 0 Å². The highest BCUT2D eigenvalue weighted by molar-refractivity contribution is 7.92. The largest absolute Gasteiger partial charge is 0.497 e. The van der Waals surface area contributed by atoms with Crippen LogP contribution in [0.25, 0.3) is 0 Å². The van der Waals surface area contributed by atoms with Crippen LogP contribution in [0.5, 0.6) is 11.5 Å². The summed E-state index contributed by atoms with van der Waals surface area (Å²) in [6, 6.07) is 18.6. The van der Waals surface area contributed by atoms with Gasteiger partial charge in [0, 0.05) is 11.8 Å². The van der Waals surface area contributed by atoms with Gasteiger partial charge in [-0.2, -0.15) is 0 Å². The Morgan fingerprint density at radius 1 is 0.939 bits per heavy atom. The third-order valence-corrected chi connectivity index (χ3v) is 6.50. The van der Waals surface area contributed by atoms with Crippen molar-refractivity contribution in [2.24, 2.45) is 0 Å². The normalized spacial score (nSPS) is 12.0. The maximum atomic E-state index is 12.8. The first kappa shape index (κ1) is 24.1. The van der Waals surface area contributed by atoms with Crippen LogP contribution in [0.3, 0.4) is 0 Å². The summed E-state index contributed by atoms with van der Waals surface area (Å²) in [6.07, 6.45) is -0.263. The van der Waals surface area contributed by atoms with Crippen LogP contribution >= 0.6 is 0 Å². The van der Waals surface area contributed by atoms with E-state index in [1.807, 2.05) is 39.0 Å². The average molecular weight is 469 g/mol. The minimum atomic E-state index is -3.77. The summed E-state index contributed by atoms with van der Waals surface area (Å²) in [5, 5.41) is 2.78. The Morgan fingerprint density at radius 2 is 1.55 bits per heavy atom. The van der Waals surface area contributed by atoms with E-state index in [0.717, 1.165) is 11.1 Å². The van der Waals surface area contributed by atoms with Crippen LogP contribution in [0.2, 0.25) is 0 Å². The van der Waals surface area contributed by atoms with Gasteiger partial charge in [0.2, 0.25) is 0 Å². The van der Waals surface area contributed by atoms with Crippen LogP contribution in [0.1, 0.15) is 24.5 Å². The van der Waals surface area contributed by atoms with Gasteiger partial charge in [0.25, 0.3) is 15.9 Å². The SMILES string of the molecule is CC[C@@H](Oc1cccc(OC)c1)C(=O)Nc1ccc(S(=O)(=O)Nc2c(C)cccc2C)cc1. The number of nitrogens with one attached hydrogen (secondary N) is 2. The number of aryl methyl sites for hydroxylation is 2. The van der Waals surface area contributed by atoms with Crippen LogP contribution < -0.4 is 19.5 Å². The van der Waals surface area contributed by atoms with Crippen LogP contribution in [-0.2, 0) is 14.8 Å². The molecular weight excluding hydrogens is 440 g/mol. The molecule has 33 heavy (non-hydrogen) atoms. The first-order valence-corrected chi connectivity index (χ1v) is 12.0. The molecule has 0 saturated carbocycles. The number of hydrogen-bond acceptors (Lipinski definition) is 5. The van der Waals surface area contributed by atoms with Crippen LogP contribution in [0, 0.1) is 13.8 Å². The maximum absolute atomic E-state index is 12.8. The third-order valence-electron chi connectivity index (χ3n) is 5.13. The van der Waals surface area contributed by atoms with E-state index in [4.69, 9.17) is 9.47 Å². The second-order valence-electron chi connectivity index (χ2n) is 7.58. The van der Waals surface area contributed by atoms with Gasteiger partial charge in [0.15, 0.2) is 6.10 Å². The summed E-state index contributed by atoms with van der Waals surface area (Å²) in [7, 11) is -2.21. The fourth-order valence-electron chi connectivity index (χ4n) is 3.27. The van der Waals surface area contributed by atoms with Gasteiger partial charge in [0.05, 0.1) is 17.7 Å². The van der Waals surface area contributed by atoms with E-state index in [9.17, 15) is 13.2 Å². The van der Waals surface area contributed by atoms with Crippen molar-refractivity contribution >= 4 is 27.3 Å². The Balaban J connectivity index is 1.69. The highest BCUT2D eigenvalue weighted by Crippen LogP contribution is 2.25. The molecule has 0 saturated heterocycles. The van der Waals surface area contributed by atoms with Gasteiger partial charge in [-0.3, -0.25) is 9.52 Å². The summed E-state index contributed by atoms with van der Waals surface area (Å²) in [6.45, 7) is 5.54. The number of methoxy groups -OCH3 is 1. The highest BCUT2D eigenvalue weighted by atomic mass is 32.2. The van der Waals surface area contributed by atoms with Gasteiger partial charge in [0.1, 0.15) is 11.5 Å². The molecule has 0 heterocycles. The molecule has 0 fully saturated rings. The zero-order valence-electron chi connectivity index (χ0n) is 19.1. The maximum Gasteiger partial charge on any atom is 0.265 e. The first-order valence-electron chi connectivity index (χ1n) is 10.5. The third kappa shape index (κ3) is 6.04. The summed E-state index contributed by atoms with van der Waals surface area (Å²) in [5.41, 5.74) is 2.71. The smallest absolute Gasteiger partial charge is 0.265 e. The number of amides is 1. The van der Waals surface area contributed by atoms with Crippen molar-refractivity contribution in [1.82, 2.24) is 0 Å². The van der Waals surface area contributed by atoms with Crippen LogP contribution in [0.15, 0.2) is 71.6 Å². The second kappa shape index (κ2) is 10.4. The first-order chi connectivity index (χ1) is 15.7. The quantitative estimate of drug-likeness (QED) is 0.465. The lowest BCUT2D eigenvalue weighted by molar-refractivity contribution is -0.122. The van der Waals surface area contributed by atoms with E-state index in [0.29, 0.717) is 29.3 Å². The molecule has 3 aromatic rings. The minimum Gasteiger partial charge on any atom is -0.497 e. The molecule has 1 atom stereocenters. The zero-order chi connectivity index (χ0) is 24.0. The zero-order valence-corrected chi connectivity index (χ0v) is 19.9.